The highest BCUT2D eigenvalue weighted by atomic mass is 19.1. The zero-order chi connectivity index (χ0) is 26.3. The first-order valence-corrected chi connectivity index (χ1v) is 12.6. The number of benzene rings is 3. The van der Waals surface area contributed by atoms with E-state index >= 15 is 8.78 Å². The molecule has 192 valence electrons. The van der Waals surface area contributed by atoms with Gasteiger partial charge in [0.1, 0.15) is 35.9 Å². The summed E-state index contributed by atoms with van der Waals surface area (Å²) in [5, 5.41) is 0. The molecule has 1 heterocycles. The number of ether oxygens (including phenoxy) is 1. The quantitative estimate of drug-likeness (QED) is 0.317. The lowest BCUT2D eigenvalue weighted by atomic mass is 9.84. The molecule has 5 rings (SSSR count). The smallest absolute Gasteiger partial charge is 0.150 e. The van der Waals surface area contributed by atoms with E-state index in [2.05, 4.69) is 6.07 Å². The molecule has 0 N–H and O–H groups in total. The van der Waals surface area contributed by atoms with Crippen molar-refractivity contribution in [2.75, 3.05) is 6.54 Å². The van der Waals surface area contributed by atoms with Crippen LogP contribution in [-0.2, 0) is 13.0 Å². The van der Waals surface area contributed by atoms with Gasteiger partial charge >= 0.3 is 0 Å². The Morgan fingerprint density at radius 1 is 1.05 bits per heavy atom. The summed E-state index contributed by atoms with van der Waals surface area (Å²) in [7, 11) is 0. The lowest BCUT2D eigenvalue weighted by molar-refractivity contribution is 0.0676. The van der Waals surface area contributed by atoms with Gasteiger partial charge in [-0.15, -0.1) is 0 Å². The Kier molecular flexibility index (Phi) is 6.71. The van der Waals surface area contributed by atoms with Gasteiger partial charge in [-0.1, -0.05) is 48.5 Å². The van der Waals surface area contributed by atoms with E-state index in [0.29, 0.717) is 18.4 Å². The average molecular weight is 506 g/mol. The molecule has 0 fully saturated rings. The highest BCUT2D eigenvalue weighted by Gasteiger charge is 2.42. The van der Waals surface area contributed by atoms with E-state index in [1.54, 1.807) is 24.3 Å². The number of nitrogens with zero attached hydrogens (tertiary/aromatic N) is 1. The summed E-state index contributed by atoms with van der Waals surface area (Å²) >= 11 is 0. The van der Waals surface area contributed by atoms with E-state index in [4.69, 9.17) is 4.74 Å². The van der Waals surface area contributed by atoms with Crippen molar-refractivity contribution < 1.29 is 22.7 Å². The summed E-state index contributed by atoms with van der Waals surface area (Å²) in [6.45, 7) is 5.14. The number of alkyl halides is 1. The minimum Gasteiger partial charge on any atom is -0.489 e. The van der Waals surface area contributed by atoms with E-state index in [1.807, 2.05) is 30.0 Å². The number of fused-ring (bicyclic) bond motifs is 2. The molecule has 1 aliphatic heterocycles. The molecule has 0 saturated carbocycles. The van der Waals surface area contributed by atoms with Gasteiger partial charge in [-0.25, -0.2) is 13.2 Å². The molecular formula is C31H30F3NO2. The van der Waals surface area contributed by atoms with Gasteiger partial charge in [0, 0.05) is 35.8 Å². The predicted molar refractivity (Wildman–Crippen MR) is 138 cm³/mol. The molecule has 0 unspecified atom stereocenters. The minimum absolute atomic E-state index is 0.0554. The first-order chi connectivity index (χ1) is 17.6. The second-order valence-corrected chi connectivity index (χ2v) is 10.6. The summed E-state index contributed by atoms with van der Waals surface area (Å²) < 4.78 is 52.1. The summed E-state index contributed by atoms with van der Waals surface area (Å²) in [5.41, 5.74) is 4.00. The number of carbonyl (C=O) groups excluding carboxylic acids is 1. The lowest BCUT2D eigenvalue weighted by Crippen LogP contribution is -2.47. The van der Waals surface area contributed by atoms with E-state index in [-0.39, 0.29) is 30.5 Å². The monoisotopic (exact) mass is 505 g/mol. The van der Waals surface area contributed by atoms with Crippen LogP contribution in [0.4, 0.5) is 13.2 Å². The first-order valence-electron chi connectivity index (χ1n) is 12.6. The number of carbonyl (C=O) groups is 1. The Hall–Kier alpha value is -3.38. The van der Waals surface area contributed by atoms with Gasteiger partial charge in [-0.3, -0.25) is 9.69 Å². The van der Waals surface area contributed by atoms with Crippen molar-refractivity contribution in [3.8, 4) is 5.75 Å². The number of hydrogen-bond donors (Lipinski definition) is 0. The number of aldehydes is 1. The van der Waals surface area contributed by atoms with E-state index < -0.39 is 23.3 Å². The van der Waals surface area contributed by atoms with Crippen molar-refractivity contribution in [1.29, 1.82) is 0 Å². The Labute approximate surface area is 215 Å². The molecule has 0 saturated heterocycles. The van der Waals surface area contributed by atoms with Crippen LogP contribution in [0.25, 0.3) is 5.57 Å². The van der Waals surface area contributed by atoms with Crippen molar-refractivity contribution in [2.45, 2.75) is 58.0 Å². The van der Waals surface area contributed by atoms with Crippen LogP contribution in [0.5, 0.6) is 5.75 Å². The van der Waals surface area contributed by atoms with E-state index in [9.17, 15) is 9.18 Å². The maximum Gasteiger partial charge on any atom is 0.150 e. The van der Waals surface area contributed by atoms with Gasteiger partial charge in [0.25, 0.3) is 0 Å². The van der Waals surface area contributed by atoms with Gasteiger partial charge in [0.05, 0.1) is 6.04 Å². The normalized spacial score (nSPS) is 19.5. The SMILES string of the molecule is C[C@@H]1CC2=C(Cc3ccccc32)[C@@H](c2c(F)cc(OCc3ccc(C=O)cc3)cc2F)N1CC(C)(C)F. The number of rotatable bonds is 7. The fraction of sp³-hybridized carbons (Fsp3) is 0.323. The zero-order valence-electron chi connectivity index (χ0n) is 21.2. The van der Waals surface area contributed by atoms with Crippen LogP contribution in [0.2, 0.25) is 0 Å². The highest BCUT2D eigenvalue weighted by molar-refractivity contribution is 5.79. The van der Waals surface area contributed by atoms with E-state index in [1.165, 1.54) is 26.0 Å². The second-order valence-electron chi connectivity index (χ2n) is 10.6. The molecule has 0 amide bonds. The van der Waals surface area contributed by atoms with Gasteiger partial charge in [0.15, 0.2) is 0 Å². The van der Waals surface area contributed by atoms with Gasteiger partial charge in [0.2, 0.25) is 0 Å². The topological polar surface area (TPSA) is 29.5 Å². The molecule has 3 aromatic carbocycles. The summed E-state index contributed by atoms with van der Waals surface area (Å²) in [6.07, 6.45) is 2.03. The van der Waals surface area contributed by atoms with Crippen molar-refractivity contribution in [1.82, 2.24) is 4.90 Å². The maximum atomic E-state index is 15.7. The molecule has 2 atom stereocenters. The number of hydrogen-bond acceptors (Lipinski definition) is 3. The highest BCUT2D eigenvalue weighted by Crippen LogP contribution is 2.50. The molecule has 1 aliphatic carbocycles. The standard InChI is InChI=1S/C31H30F3NO2/c1-19-12-25-24-7-5-4-6-22(24)13-26(25)30(35(19)18-31(2,3)34)29-27(32)14-23(15-28(29)33)37-17-21-10-8-20(16-36)9-11-21/h4-11,14-16,19,30H,12-13,17-18H2,1-3H3/t19-,30+/m1/s1. The summed E-state index contributed by atoms with van der Waals surface area (Å²) in [6, 6.07) is 16.4. The molecule has 37 heavy (non-hydrogen) atoms. The molecule has 2 aliphatic rings. The Bertz CT molecular complexity index is 1330. The van der Waals surface area contributed by atoms with Gasteiger partial charge < -0.3 is 4.74 Å². The molecule has 0 radical (unpaired) electrons. The van der Waals surface area contributed by atoms with Gasteiger partial charge in [-0.2, -0.15) is 0 Å². The third-order valence-corrected chi connectivity index (χ3v) is 7.24. The molecule has 0 aromatic heterocycles. The van der Waals surface area contributed by atoms with E-state index in [0.717, 1.165) is 34.1 Å². The van der Waals surface area contributed by atoms with Gasteiger partial charge in [-0.05, 0) is 61.4 Å². The molecule has 3 aromatic rings. The van der Waals surface area contributed by atoms with Crippen LogP contribution >= 0.6 is 0 Å². The van der Waals surface area contributed by atoms with Crippen molar-refractivity contribution in [3.05, 3.63) is 106 Å². The zero-order valence-corrected chi connectivity index (χ0v) is 21.2. The summed E-state index contributed by atoms with van der Waals surface area (Å²) in [4.78, 5) is 12.7. The molecule has 0 spiro atoms. The summed E-state index contributed by atoms with van der Waals surface area (Å²) in [5.74, 6) is -1.35. The third kappa shape index (κ3) is 5.08. The van der Waals surface area contributed by atoms with Crippen LogP contribution < -0.4 is 4.74 Å². The van der Waals surface area contributed by atoms with Crippen molar-refractivity contribution in [2.24, 2.45) is 0 Å². The van der Waals surface area contributed by atoms with Crippen LogP contribution in [0.3, 0.4) is 0 Å². The Balaban J connectivity index is 1.50. The molecule has 6 heteroatoms. The molecule has 0 bridgehead atoms. The maximum absolute atomic E-state index is 15.7. The van der Waals surface area contributed by atoms with Crippen LogP contribution in [0.1, 0.15) is 65.8 Å². The largest absolute Gasteiger partial charge is 0.489 e. The minimum atomic E-state index is -1.54. The first kappa shape index (κ1) is 25.3. The second kappa shape index (κ2) is 9.82. The Morgan fingerprint density at radius 3 is 2.38 bits per heavy atom. The van der Waals surface area contributed by atoms with Crippen LogP contribution in [0, 0.1) is 11.6 Å². The molecular weight excluding hydrogens is 475 g/mol. The predicted octanol–water partition coefficient (Wildman–Crippen LogP) is 7.25. The fourth-order valence-corrected chi connectivity index (χ4v) is 5.61. The van der Waals surface area contributed by atoms with Crippen LogP contribution in [-0.4, -0.2) is 29.4 Å². The fourth-order valence-electron chi connectivity index (χ4n) is 5.61. The lowest BCUT2D eigenvalue weighted by Gasteiger charge is -2.44. The third-order valence-electron chi connectivity index (χ3n) is 7.24. The number of halogens is 3. The Morgan fingerprint density at radius 2 is 1.73 bits per heavy atom. The van der Waals surface area contributed by atoms with Crippen LogP contribution in [0.15, 0.2) is 66.2 Å². The molecule has 3 nitrogen and oxygen atoms in total. The van der Waals surface area contributed by atoms with Crippen molar-refractivity contribution >= 4 is 11.9 Å². The van der Waals surface area contributed by atoms with Crippen molar-refractivity contribution in [3.63, 3.8) is 0 Å². The average Bonchev–Trinajstić information content (AvgIpc) is 3.21.